The third-order valence-electron chi connectivity index (χ3n) is 5.41. The molecular weight excluding hydrogens is 410 g/mol. The number of phenolic OH excluding ortho intramolecular Hbond substituents is 1. The normalized spacial score (nSPS) is 17.7. The molecule has 1 fully saturated rings. The molecule has 7 heteroatoms. The summed E-state index contributed by atoms with van der Waals surface area (Å²) < 4.78 is 10.8. The molecule has 7 nitrogen and oxygen atoms in total. The Morgan fingerprint density at radius 1 is 1.09 bits per heavy atom. The van der Waals surface area contributed by atoms with Crippen molar-refractivity contribution in [3.8, 4) is 11.5 Å². The maximum Gasteiger partial charge on any atom is 0.295 e. The quantitative estimate of drug-likeness (QED) is 0.266. The van der Waals surface area contributed by atoms with E-state index in [9.17, 15) is 19.8 Å². The molecule has 1 aliphatic heterocycles. The summed E-state index contributed by atoms with van der Waals surface area (Å²) in [6, 6.07) is 10.7. The number of aromatic hydroxyl groups is 1. The first kappa shape index (κ1) is 23.3. The summed E-state index contributed by atoms with van der Waals surface area (Å²) >= 11 is 0. The minimum Gasteiger partial charge on any atom is -0.508 e. The van der Waals surface area contributed by atoms with Gasteiger partial charge in [-0.15, -0.1) is 0 Å². The number of aryl methyl sites for hydroxylation is 1. The topological polar surface area (TPSA) is 96.3 Å². The van der Waals surface area contributed by atoms with Crippen molar-refractivity contribution >= 4 is 17.4 Å². The Bertz CT molecular complexity index is 1010. The lowest BCUT2D eigenvalue weighted by atomic mass is 9.94. The van der Waals surface area contributed by atoms with E-state index >= 15 is 0 Å². The summed E-state index contributed by atoms with van der Waals surface area (Å²) in [5.74, 6) is -0.856. The molecule has 32 heavy (non-hydrogen) atoms. The van der Waals surface area contributed by atoms with Crippen molar-refractivity contribution in [1.29, 1.82) is 0 Å². The smallest absolute Gasteiger partial charge is 0.295 e. The summed E-state index contributed by atoms with van der Waals surface area (Å²) in [6.45, 7) is 5.19. The fraction of sp³-hybridized carbons (Fsp3) is 0.360. The molecule has 1 heterocycles. The summed E-state index contributed by atoms with van der Waals surface area (Å²) in [4.78, 5) is 27.3. The van der Waals surface area contributed by atoms with Gasteiger partial charge in [-0.2, -0.15) is 0 Å². The zero-order valence-electron chi connectivity index (χ0n) is 18.6. The molecule has 0 saturated carbocycles. The number of Topliss-reactive ketones (excluding diaryl/α,β-unsaturated/α-hetero) is 1. The molecule has 1 aliphatic rings. The monoisotopic (exact) mass is 439 g/mol. The number of phenols is 1. The molecule has 2 aromatic carbocycles. The number of amides is 1. The van der Waals surface area contributed by atoms with Gasteiger partial charge in [-0.1, -0.05) is 19.1 Å². The van der Waals surface area contributed by atoms with E-state index in [1.807, 2.05) is 13.8 Å². The van der Waals surface area contributed by atoms with Crippen molar-refractivity contribution in [1.82, 2.24) is 4.90 Å². The lowest BCUT2D eigenvalue weighted by molar-refractivity contribution is -0.140. The first-order chi connectivity index (χ1) is 15.4. The number of aliphatic hydroxyl groups excluding tert-OH is 1. The first-order valence-electron chi connectivity index (χ1n) is 10.7. The minimum absolute atomic E-state index is 0.0275. The largest absolute Gasteiger partial charge is 0.508 e. The zero-order valence-corrected chi connectivity index (χ0v) is 18.6. The predicted octanol–water partition coefficient (Wildman–Crippen LogP) is 3.95. The highest BCUT2D eigenvalue weighted by Gasteiger charge is 2.45. The highest BCUT2D eigenvalue weighted by atomic mass is 16.5. The van der Waals surface area contributed by atoms with Crippen LogP contribution in [0.15, 0.2) is 48.0 Å². The molecule has 2 N–H and O–H groups in total. The molecule has 0 radical (unpaired) electrons. The molecule has 170 valence electrons. The number of rotatable bonds is 9. The first-order valence-corrected chi connectivity index (χ1v) is 10.7. The standard InChI is InChI=1S/C25H29NO6/c1-4-13-32-20-11-8-18(15-16(20)2)23(28)21-22(17-6-9-19(27)10-7-17)26(12-5-14-31-3)25(30)24(21)29/h6-11,15,22,27-28H,4-5,12-14H2,1-3H3/b23-21-. The number of carbonyl (C=O) groups excluding carboxylic acids is 2. The van der Waals surface area contributed by atoms with E-state index in [4.69, 9.17) is 9.47 Å². The lowest BCUT2D eigenvalue weighted by Crippen LogP contribution is -2.31. The molecule has 2 aromatic rings. The molecule has 1 saturated heterocycles. The van der Waals surface area contributed by atoms with Crippen LogP contribution >= 0.6 is 0 Å². The minimum atomic E-state index is -0.760. The van der Waals surface area contributed by atoms with Gasteiger partial charge in [-0.25, -0.2) is 0 Å². The Hall–Kier alpha value is -3.32. The predicted molar refractivity (Wildman–Crippen MR) is 121 cm³/mol. The van der Waals surface area contributed by atoms with Crippen molar-refractivity contribution in [2.75, 3.05) is 26.9 Å². The number of hydrogen-bond donors (Lipinski definition) is 2. The van der Waals surface area contributed by atoms with Gasteiger partial charge < -0.3 is 24.6 Å². The van der Waals surface area contributed by atoms with Gasteiger partial charge in [0.2, 0.25) is 0 Å². The van der Waals surface area contributed by atoms with Crippen LogP contribution in [0.2, 0.25) is 0 Å². The van der Waals surface area contributed by atoms with Crippen molar-refractivity contribution in [2.24, 2.45) is 0 Å². The second-order valence-corrected chi connectivity index (χ2v) is 7.76. The van der Waals surface area contributed by atoms with E-state index in [1.54, 1.807) is 37.4 Å². The van der Waals surface area contributed by atoms with Crippen LogP contribution < -0.4 is 4.74 Å². The second kappa shape index (κ2) is 10.3. The van der Waals surface area contributed by atoms with E-state index in [2.05, 4.69) is 0 Å². The Morgan fingerprint density at radius 2 is 1.81 bits per heavy atom. The molecule has 0 aliphatic carbocycles. The van der Waals surface area contributed by atoms with Crippen molar-refractivity contribution < 1.29 is 29.3 Å². The van der Waals surface area contributed by atoms with Gasteiger partial charge in [0.1, 0.15) is 17.3 Å². The number of ether oxygens (including phenoxy) is 2. The van der Waals surface area contributed by atoms with Crippen LogP contribution in [0.4, 0.5) is 0 Å². The number of hydrogen-bond acceptors (Lipinski definition) is 6. The molecule has 1 unspecified atom stereocenters. The van der Waals surface area contributed by atoms with Crippen molar-refractivity contribution in [3.05, 3.63) is 64.7 Å². The van der Waals surface area contributed by atoms with Crippen molar-refractivity contribution in [2.45, 2.75) is 32.7 Å². The highest BCUT2D eigenvalue weighted by Crippen LogP contribution is 2.40. The third kappa shape index (κ3) is 4.78. The number of methoxy groups -OCH3 is 1. The number of carbonyl (C=O) groups is 2. The third-order valence-corrected chi connectivity index (χ3v) is 5.41. The molecular formula is C25H29NO6. The highest BCUT2D eigenvalue weighted by molar-refractivity contribution is 6.46. The average molecular weight is 440 g/mol. The summed E-state index contributed by atoms with van der Waals surface area (Å²) in [5, 5.41) is 20.8. The summed E-state index contributed by atoms with van der Waals surface area (Å²) in [7, 11) is 1.57. The Balaban J connectivity index is 2.06. The van der Waals surface area contributed by atoms with E-state index in [-0.39, 0.29) is 17.1 Å². The van der Waals surface area contributed by atoms with Crippen LogP contribution in [0.1, 0.15) is 42.5 Å². The molecule has 1 amide bonds. The van der Waals surface area contributed by atoms with Gasteiger partial charge in [0.05, 0.1) is 18.2 Å². The maximum atomic E-state index is 13.0. The summed E-state index contributed by atoms with van der Waals surface area (Å²) in [6.07, 6.45) is 1.42. The number of aliphatic hydroxyl groups is 1. The Labute approximate surface area is 187 Å². The average Bonchev–Trinajstić information content (AvgIpc) is 3.03. The van der Waals surface area contributed by atoms with Crippen molar-refractivity contribution in [3.63, 3.8) is 0 Å². The zero-order chi connectivity index (χ0) is 23.3. The molecule has 1 atom stereocenters. The van der Waals surface area contributed by atoms with E-state index in [0.717, 1.165) is 12.0 Å². The number of ketones is 1. The van der Waals surface area contributed by atoms with Crippen LogP contribution in [0, 0.1) is 6.92 Å². The van der Waals surface area contributed by atoms with Gasteiger partial charge in [-0.3, -0.25) is 9.59 Å². The van der Waals surface area contributed by atoms with Crippen LogP contribution in [-0.4, -0.2) is 53.7 Å². The second-order valence-electron chi connectivity index (χ2n) is 7.76. The molecule has 3 rings (SSSR count). The lowest BCUT2D eigenvalue weighted by Gasteiger charge is -2.25. The molecule has 0 aromatic heterocycles. The van der Waals surface area contributed by atoms with Gasteiger partial charge in [0.25, 0.3) is 11.7 Å². The summed E-state index contributed by atoms with van der Waals surface area (Å²) in [5.41, 5.74) is 1.91. The van der Waals surface area contributed by atoms with E-state index in [1.165, 1.54) is 17.0 Å². The van der Waals surface area contributed by atoms with Gasteiger partial charge in [0.15, 0.2) is 0 Å². The van der Waals surface area contributed by atoms with Crippen LogP contribution in [0.5, 0.6) is 11.5 Å². The van der Waals surface area contributed by atoms with Crippen LogP contribution in [-0.2, 0) is 14.3 Å². The number of benzene rings is 2. The molecule has 0 spiro atoms. The van der Waals surface area contributed by atoms with Crippen LogP contribution in [0.3, 0.4) is 0 Å². The van der Waals surface area contributed by atoms with E-state index < -0.39 is 17.7 Å². The van der Waals surface area contributed by atoms with Gasteiger partial charge in [0, 0.05) is 25.8 Å². The maximum absolute atomic E-state index is 13.0. The fourth-order valence-corrected chi connectivity index (χ4v) is 3.82. The number of likely N-dealkylation sites (tertiary alicyclic amines) is 1. The fourth-order valence-electron chi connectivity index (χ4n) is 3.82. The number of nitrogens with zero attached hydrogens (tertiary/aromatic N) is 1. The SMILES string of the molecule is CCCOc1ccc(/C(O)=C2/C(=O)C(=O)N(CCCOC)C2c2ccc(O)cc2)cc1C. The van der Waals surface area contributed by atoms with Gasteiger partial charge in [-0.05, 0) is 61.2 Å². The Morgan fingerprint density at radius 3 is 2.44 bits per heavy atom. The van der Waals surface area contributed by atoms with E-state index in [0.29, 0.717) is 43.1 Å². The van der Waals surface area contributed by atoms with Crippen LogP contribution in [0.25, 0.3) is 5.76 Å². The van der Waals surface area contributed by atoms with Gasteiger partial charge >= 0.3 is 0 Å². The molecule has 0 bridgehead atoms. The Kier molecular flexibility index (Phi) is 7.53.